The molecule has 1 aromatic rings. The average molecular weight is 208 g/mol. The first-order valence-electron chi connectivity index (χ1n) is 4.34. The van der Waals surface area contributed by atoms with Crippen LogP contribution in [0.5, 0.6) is 0 Å². The fourth-order valence-electron chi connectivity index (χ4n) is 0.852. The number of carbonyl (C=O) groups excluding carboxylic acids is 1. The second kappa shape index (κ2) is 5.40. The molecule has 1 rings (SSSR count). The number of amides is 1. The summed E-state index contributed by atoms with van der Waals surface area (Å²) in [5, 5.41) is 3.52. The van der Waals surface area contributed by atoms with Crippen LogP contribution in [0.3, 0.4) is 0 Å². The normalized spacial score (nSPS) is 9.00. The van der Waals surface area contributed by atoms with E-state index >= 15 is 0 Å². The van der Waals surface area contributed by atoms with Gasteiger partial charge in [-0.2, -0.15) is 0 Å². The summed E-state index contributed by atoms with van der Waals surface area (Å²) < 4.78 is 0. The first-order chi connectivity index (χ1) is 6.68. The summed E-state index contributed by atoms with van der Waals surface area (Å²) in [6, 6.07) is 0. The zero-order valence-corrected chi connectivity index (χ0v) is 9.07. The smallest absolute Gasteiger partial charge is 0.216 e. The largest absolute Gasteiger partial charge is 0.355 e. The van der Waals surface area contributed by atoms with Crippen molar-refractivity contribution in [1.82, 2.24) is 10.3 Å². The molecule has 0 spiro atoms. The molecule has 1 amide bonds. The average Bonchev–Trinajstić information content (AvgIpc) is 2.50. The Morgan fingerprint density at radius 3 is 3.07 bits per heavy atom. The molecule has 1 N–H and O–H groups in total. The van der Waals surface area contributed by atoms with Crippen LogP contribution in [-0.2, 0) is 4.79 Å². The van der Waals surface area contributed by atoms with Crippen LogP contribution in [0, 0.1) is 18.8 Å². The third-order valence-corrected chi connectivity index (χ3v) is 2.27. The Morgan fingerprint density at radius 1 is 1.71 bits per heavy atom. The monoisotopic (exact) mass is 208 g/mol. The number of hydrogen-bond acceptors (Lipinski definition) is 3. The third-order valence-electron chi connectivity index (χ3n) is 1.44. The van der Waals surface area contributed by atoms with Crippen molar-refractivity contribution in [1.29, 1.82) is 0 Å². The van der Waals surface area contributed by atoms with E-state index in [4.69, 9.17) is 0 Å². The number of nitrogens with one attached hydrogen (secondary N) is 1. The molecule has 0 atom stereocenters. The number of hydrogen-bond donors (Lipinski definition) is 1. The van der Waals surface area contributed by atoms with Crippen LogP contribution in [-0.4, -0.2) is 17.4 Å². The fraction of sp³-hybridized carbons (Fsp3) is 0.400. The molecule has 0 aliphatic heterocycles. The van der Waals surface area contributed by atoms with Gasteiger partial charge in [-0.05, 0) is 12.8 Å². The number of carbonyl (C=O) groups is 1. The van der Waals surface area contributed by atoms with Gasteiger partial charge in [-0.15, -0.1) is 11.3 Å². The van der Waals surface area contributed by atoms with Crippen molar-refractivity contribution in [2.45, 2.75) is 20.3 Å². The van der Waals surface area contributed by atoms with Crippen molar-refractivity contribution in [3.63, 3.8) is 0 Å². The first kappa shape index (κ1) is 10.7. The number of aromatic nitrogens is 1. The molecule has 3 nitrogen and oxygen atoms in total. The lowest BCUT2D eigenvalue weighted by Crippen LogP contribution is -2.20. The van der Waals surface area contributed by atoms with Gasteiger partial charge in [0.2, 0.25) is 5.91 Å². The van der Waals surface area contributed by atoms with E-state index in [1.54, 1.807) is 11.3 Å². The van der Waals surface area contributed by atoms with Crippen LogP contribution < -0.4 is 5.32 Å². The highest BCUT2D eigenvalue weighted by atomic mass is 32.1. The first-order valence-corrected chi connectivity index (χ1v) is 5.16. The molecule has 0 aliphatic rings. The van der Waals surface area contributed by atoms with Crippen LogP contribution in [0.15, 0.2) is 6.20 Å². The highest BCUT2D eigenvalue weighted by Gasteiger charge is 1.92. The summed E-state index contributed by atoms with van der Waals surface area (Å²) in [6.45, 7) is 4.10. The van der Waals surface area contributed by atoms with Crippen molar-refractivity contribution in [3.05, 3.63) is 16.1 Å². The summed E-state index contributed by atoms with van der Waals surface area (Å²) in [5.41, 5.74) is 0. The minimum absolute atomic E-state index is 0.0168. The van der Waals surface area contributed by atoms with E-state index in [9.17, 15) is 4.79 Å². The van der Waals surface area contributed by atoms with Gasteiger partial charge in [-0.3, -0.25) is 4.79 Å². The molecule has 74 valence electrons. The van der Waals surface area contributed by atoms with E-state index in [-0.39, 0.29) is 5.91 Å². The van der Waals surface area contributed by atoms with Gasteiger partial charge in [0.1, 0.15) is 0 Å². The van der Waals surface area contributed by atoms with Crippen molar-refractivity contribution >= 4 is 17.2 Å². The van der Waals surface area contributed by atoms with Crippen LogP contribution in [0.25, 0.3) is 0 Å². The molecule has 1 heterocycles. The number of aryl methyl sites for hydroxylation is 1. The Labute approximate surface area is 87.6 Å². The molecule has 14 heavy (non-hydrogen) atoms. The Balaban J connectivity index is 2.30. The SMILES string of the molecule is CC(=O)NCCC#Cc1ncc(C)s1. The van der Waals surface area contributed by atoms with E-state index < -0.39 is 0 Å². The molecular weight excluding hydrogens is 196 g/mol. The van der Waals surface area contributed by atoms with Gasteiger partial charge in [0.15, 0.2) is 5.01 Å². The van der Waals surface area contributed by atoms with Crippen LogP contribution >= 0.6 is 11.3 Å². The molecule has 0 bridgehead atoms. The van der Waals surface area contributed by atoms with Crippen LogP contribution in [0.2, 0.25) is 0 Å². The number of rotatable bonds is 2. The Hall–Kier alpha value is -1.34. The fourth-order valence-corrected chi connectivity index (χ4v) is 1.49. The molecule has 0 saturated heterocycles. The maximum atomic E-state index is 10.5. The zero-order valence-electron chi connectivity index (χ0n) is 8.26. The van der Waals surface area contributed by atoms with E-state index in [1.807, 2.05) is 13.1 Å². The molecule has 0 unspecified atom stereocenters. The molecule has 4 heteroatoms. The van der Waals surface area contributed by atoms with E-state index in [2.05, 4.69) is 22.1 Å². The van der Waals surface area contributed by atoms with Gasteiger partial charge in [-0.25, -0.2) is 4.98 Å². The summed E-state index contributed by atoms with van der Waals surface area (Å²) >= 11 is 1.58. The lowest BCUT2D eigenvalue weighted by atomic mass is 10.4. The van der Waals surface area contributed by atoms with Crippen molar-refractivity contribution in [2.75, 3.05) is 6.54 Å². The topological polar surface area (TPSA) is 42.0 Å². The van der Waals surface area contributed by atoms with Crippen molar-refractivity contribution < 1.29 is 4.79 Å². The molecule has 0 aliphatic carbocycles. The van der Waals surface area contributed by atoms with Gasteiger partial charge in [0.25, 0.3) is 0 Å². The lowest BCUT2D eigenvalue weighted by molar-refractivity contribution is -0.118. The highest BCUT2D eigenvalue weighted by Crippen LogP contribution is 2.08. The van der Waals surface area contributed by atoms with Gasteiger partial charge >= 0.3 is 0 Å². The molecule has 0 aromatic carbocycles. The molecule has 0 fully saturated rings. The standard InChI is InChI=1S/C10H12N2OS/c1-8-7-12-10(14-8)5-3-4-6-11-9(2)13/h7H,4,6H2,1-2H3,(H,11,13). The molecule has 1 aromatic heterocycles. The third kappa shape index (κ3) is 4.06. The number of nitrogens with zero attached hydrogens (tertiary/aromatic N) is 1. The van der Waals surface area contributed by atoms with Crippen LogP contribution in [0.1, 0.15) is 23.2 Å². The minimum Gasteiger partial charge on any atom is -0.355 e. The van der Waals surface area contributed by atoms with Gasteiger partial charge in [0.05, 0.1) is 0 Å². The maximum absolute atomic E-state index is 10.5. The predicted molar refractivity (Wildman–Crippen MR) is 57.0 cm³/mol. The van der Waals surface area contributed by atoms with Crippen molar-refractivity contribution in [3.8, 4) is 11.8 Å². The predicted octanol–water partition coefficient (Wildman–Crippen LogP) is 1.33. The van der Waals surface area contributed by atoms with Gasteiger partial charge in [0, 0.05) is 31.0 Å². The second-order valence-electron chi connectivity index (χ2n) is 2.81. The Kier molecular flexibility index (Phi) is 4.14. The van der Waals surface area contributed by atoms with Gasteiger partial charge < -0.3 is 5.32 Å². The summed E-state index contributed by atoms with van der Waals surface area (Å²) in [6.07, 6.45) is 2.47. The highest BCUT2D eigenvalue weighted by molar-refractivity contribution is 7.12. The van der Waals surface area contributed by atoms with E-state index in [1.165, 1.54) is 6.92 Å². The summed E-state index contributed by atoms with van der Waals surface area (Å²) in [4.78, 5) is 15.8. The second-order valence-corrected chi connectivity index (χ2v) is 4.05. The molecule has 0 saturated carbocycles. The van der Waals surface area contributed by atoms with Gasteiger partial charge in [-0.1, -0.05) is 5.92 Å². The molecule has 0 radical (unpaired) electrons. The quantitative estimate of drug-likeness (QED) is 0.588. The zero-order chi connectivity index (χ0) is 10.4. The summed E-state index contributed by atoms with van der Waals surface area (Å²) in [7, 11) is 0. The maximum Gasteiger partial charge on any atom is 0.216 e. The summed E-state index contributed by atoms with van der Waals surface area (Å²) in [5.74, 6) is 5.88. The van der Waals surface area contributed by atoms with Crippen molar-refractivity contribution in [2.24, 2.45) is 0 Å². The number of thiazole rings is 1. The minimum atomic E-state index is -0.0168. The Bertz CT molecular complexity index is 373. The van der Waals surface area contributed by atoms with E-state index in [0.717, 1.165) is 9.88 Å². The van der Waals surface area contributed by atoms with Crippen LogP contribution in [0.4, 0.5) is 0 Å². The Morgan fingerprint density at radius 2 is 2.50 bits per heavy atom. The van der Waals surface area contributed by atoms with E-state index in [0.29, 0.717) is 13.0 Å². The lowest BCUT2D eigenvalue weighted by Gasteiger charge is -1.93. The molecular formula is C10H12N2OS.